The second kappa shape index (κ2) is 8.44. The number of rotatable bonds is 3. The van der Waals surface area contributed by atoms with Crippen molar-refractivity contribution in [3.05, 3.63) is 77.1 Å². The average molecular weight is 404 g/mol. The van der Waals surface area contributed by atoms with Gasteiger partial charge in [-0.25, -0.2) is 4.98 Å². The van der Waals surface area contributed by atoms with Crippen LogP contribution in [0.4, 0.5) is 0 Å². The Morgan fingerprint density at radius 1 is 1.03 bits per heavy atom. The molecule has 0 spiro atoms. The van der Waals surface area contributed by atoms with Crippen molar-refractivity contribution >= 4 is 11.8 Å². The molecule has 1 saturated heterocycles. The summed E-state index contributed by atoms with van der Waals surface area (Å²) in [5.74, 6) is 1.02. The van der Waals surface area contributed by atoms with E-state index in [1.54, 1.807) is 34.3 Å². The summed E-state index contributed by atoms with van der Waals surface area (Å²) in [5.41, 5.74) is 2.24. The van der Waals surface area contributed by atoms with Crippen LogP contribution in [0.15, 0.2) is 48.8 Å². The van der Waals surface area contributed by atoms with Crippen molar-refractivity contribution in [2.24, 2.45) is 0 Å². The highest BCUT2D eigenvalue weighted by atomic mass is 16.2. The largest absolute Gasteiger partial charge is 0.336 e. The zero-order chi connectivity index (χ0) is 21.1. The van der Waals surface area contributed by atoms with Crippen LogP contribution in [0.3, 0.4) is 0 Å². The minimum absolute atomic E-state index is 0.0471. The molecule has 0 aliphatic carbocycles. The van der Waals surface area contributed by atoms with Crippen molar-refractivity contribution in [3.63, 3.8) is 0 Å². The maximum Gasteiger partial charge on any atom is 0.254 e. The van der Waals surface area contributed by atoms with Crippen LogP contribution in [0.2, 0.25) is 0 Å². The van der Waals surface area contributed by atoms with E-state index in [1.807, 2.05) is 38.1 Å². The average Bonchev–Trinajstić information content (AvgIpc) is 3.07. The lowest BCUT2D eigenvalue weighted by atomic mass is 10.1. The number of amides is 2. The highest BCUT2D eigenvalue weighted by Crippen LogP contribution is 2.26. The summed E-state index contributed by atoms with van der Waals surface area (Å²) >= 11 is 0. The molecule has 1 atom stereocenters. The Morgan fingerprint density at radius 2 is 1.83 bits per heavy atom. The number of benzene rings is 1. The van der Waals surface area contributed by atoms with Gasteiger partial charge in [-0.3, -0.25) is 19.7 Å². The number of aromatic amines is 1. The highest BCUT2D eigenvalue weighted by molar-refractivity contribution is 5.95. The molecule has 3 aromatic rings. The molecule has 1 aliphatic heterocycles. The molecular weight excluding hydrogens is 380 g/mol. The van der Waals surface area contributed by atoms with Crippen molar-refractivity contribution in [3.8, 4) is 0 Å². The standard InChI is InChI=1S/C22H24N6O2/c1-15-5-3-6-18(13-15)21(29)27-11-4-12-28(22(30)17-7-9-23-10-8-17)19(14-27)20-24-16(2)25-26-20/h3,5-10,13,19H,4,11-12,14H2,1-2H3,(H,24,25,26). The molecule has 1 aliphatic rings. The molecule has 3 heterocycles. The molecule has 1 fully saturated rings. The van der Waals surface area contributed by atoms with Gasteiger partial charge in [-0.15, -0.1) is 0 Å². The van der Waals surface area contributed by atoms with E-state index in [2.05, 4.69) is 20.2 Å². The van der Waals surface area contributed by atoms with Crippen LogP contribution in [0.25, 0.3) is 0 Å². The number of nitrogens with one attached hydrogen (secondary N) is 1. The third kappa shape index (κ3) is 4.07. The summed E-state index contributed by atoms with van der Waals surface area (Å²) in [7, 11) is 0. The Balaban J connectivity index is 1.66. The Labute approximate surface area is 175 Å². The summed E-state index contributed by atoms with van der Waals surface area (Å²) in [6.45, 7) is 5.19. The Morgan fingerprint density at radius 3 is 2.53 bits per heavy atom. The Hall–Kier alpha value is -3.55. The monoisotopic (exact) mass is 404 g/mol. The molecule has 4 rings (SSSR count). The quantitative estimate of drug-likeness (QED) is 0.724. The zero-order valence-electron chi connectivity index (χ0n) is 17.1. The molecule has 30 heavy (non-hydrogen) atoms. The highest BCUT2D eigenvalue weighted by Gasteiger charge is 2.34. The first-order chi connectivity index (χ1) is 14.5. The molecule has 0 saturated carbocycles. The third-order valence-electron chi connectivity index (χ3n) is 5.25. The lowest BCUT2D eigenvalue weighted by Crippen LogP contribution is -2.40. The second-order valence-corrected chi connectivity index (χ2v) is 7.50. The summed E-state index contributed by atoms with van der Waals surface area (Å²) in [5, 5.41) is 7.16. The predicted octanol–water partition coefficient (Wildman–Crippen LogP) is 2.55. The van der Waals surface area contributed by atoms with E-state index in [1.165, 1.54) is 0 Å². The minimum atomic E-state index is -0.438. The van der Waals surface area contributed by atoms with Gasteiger partial charge in [0.1, 0.15) is 11.9 Å². The third-order valence-corrected chi connectivity index (χ3v) is 5.25. The van der Waals surface area contributed by atoms with Gasteiger partial charge in [-0.1, -0.05) is 17.7 Å². The van der Waals surface area contributed by atoms with Crippen molar-refractivity contribution in [1.29, 1.82) is 0 Å². The number of carbonyl (C=O) groups excluding carboxylic acids is 2. The summed E-state index contributed by atoms with van der Waals surface area (Å²) in [6, 6.07) is 10.5. The molecule has 8 heteroatoms. The van der Waals surface area contributed by atoms with Crippen molar-refractivity contribution < 1.29 is 9.59 Å². The zero-order valence-corrected chi connectivity index (χ0v) is 17.1. The Bertz CT molecular complexity index is 1050. The molecule has 1 aromatic carbocycles. The van der Waals surface area contributed by atoms with Crippen LogP contribution in [-0.4, -0.2) is 61.4 Å². The number of carbonyl (C=O) groups is 2. The van der Waals surface area contributed by atoms with Crippen LogP contribution in [0, 0.1) is 13.8 Å². The maximum absolute atomic E-state index is 13.3. The van der Waals surface area contributed by atoms with Crippen LogP contribution in [-0.2, 0) is 0 Å². The van der Waals surface area contributed by atoms with E-state index in [4.69, 9.17) is 0 Å². The molecule has 1 unspecified atom stereocenters. The van der Waals surface area contributed by atoms with Gasteiger partial charge in [0.2, 0.25) is 0 Å². The fourth-order valence-corrected chi connectivity index (χ4v) is 3.76. The summed E-state index contributed by atoms with van der Waals surface area (Å²) < 4.78 is 0. The van der Waals surface area contributed by atoms with Crippen LogP contribution in [0.1, 0.15) is 50.4 Å². The van der Waals surface area contributed by atoms with Crippen LogP contribution >= 0.6 is 0 Å². The first-order valence-corrected chi connectivity index (χ1v) is 9.99. The molecule has 2 amide bonds. The molecule has 0 radical (unpaired) electrons. The number of hydrogen-bond acceptors (Lipinski definition) is 5. The number of aromatic nitrogens is 4. The van der Waals surface area contributed by atoms with Gasteiger partial charge in [-0.2, -0.15) is 5.10 Å². The van der Waals surface area contributed by atoms with E-state index in [0.717, 1.165) is 5.56 Å². The van der Waals surface area contributed by atoms with E-state index in [0.29, 0.717) is 48.8 Å². The lowest BCUT2D eigenvalue weighted by Gasteiger charge is -2.30. The minimum Gasteiger partial charge on any atom is -0.336 e. The van der Waals surface area contributed by atoms with E-state index < -0.39 is 6.04 Å². The SMILES string of the molecule is Cc1cccc(C(=O)N2CCCN(C(=O)c3ccncc3)C(c3n[nH]c(C)n3)C2)c1. The molecule has 8 nitrogen and oxygen atoms in total. The van der Waals surface area contributed by atoms with Crippen molar-refractivity contribution in [2.75, 3.05) is 19.6 Å². The van der Waals surface area contributed by atoms with Crippen LogP contribution < -0.4 is 0 Å². The van der Waals surface area contributed by atoms with Gasteiger partial charge in [0, 0.05) is 43.2 Å². The van der Waals surface area contributed by atoms with E-state index >= 15 is 0 Å². The normalized spacial score (nSPS) is 16.9. The fourth-order valence-electron chi connectivity index (χ4n) is 3.76. The molecular formula is C22H24N6O2. The molecule has 2 aromatic heterocycles. The molecule has 0 bridgehead atoms. The van der Waals surface area contributed by atoms with Crippen LogP contribution in [0.5, 0.6) is 0 Å². The van der Waals surface area contributed by atoms with Gasteiger partial charge in [0.25, 0.3) is 11.8 Å². The van der Waals surface area contributed by atoms with Gasteiger partial charge in [0.15, 0.2) is 5.82 Å². The first kappa shape index (κ1) is 19.8. The molecule has 1 N–H and O–H groups in total. The van der Waals surface area contributed by atoms with Crippen molar-refractivity contribution in [1.82, 2.24) is 30.0 Å². The van der Waals surface area contributed by atoms with E-state index in [9.17, 15) is 9.59 Å². The smallest absolute Gasteiger partial charge is 0.254 e. The molecule has 154 valence electrons. The van der Waals surface area contributed by atoms with Gasteiger partial charge < -0.3 is 9.80 Å². The van der Waals surface area contributed by atoms with E-state index in [-0.39, 0.29) is 11.8 Å². The fraction of sp³-hybridized carbons (Fsp3) is 0.318. The Kier molecular flexibility index (Phi) is 5.56. The number of H-pyrrole nitrogens is 1. The number of nitrogens with zero attached hydrogens (tertiary/aromatic N) is 5. The number of aryl methyl sites for hydroxylation is 2. The summed E-state index contributed by atoms with van der Waals surface area (Å²) in [6.07, 6.45) is 3.88. The summed E-state index contributed by atoms with van der Waals surface area (Å²) in [4.78, 5) is 38.5. The first-order valence-electron chi connectivity index (χ1n) is 9.99. The number of hydrogen-bond donors (Lipinski definition) is 1. The second-order valence-electron chi connectivity index (χ2n) is 7.50. The van der Waals surface area contributed by atoms with Crippen molar-refractivity contribution in [2.45, 2.75) is 26.3 Å². The van der Waals surface area contributed by atoms with Gasteiger partial charge >= 0.3 is 0 Å². The topological polar surface area (TPSA) is 95.1 Å². The number of pyridine rings is 1. The predicted molar refractivity (Wildman–Crippen MR) is 111 cm³/mol. The van der Waals surface area contributed by atoms with Gasteiger partial charge in [0.05, 0.1) is 0 Å². The lowest BCUT2D eigenvalue weighted by molar-refractivity contribution is 0.0622. The maximum atomic E-state index is 13.3. The van der Waals surface area contributed by atoms with Gasteiger partial charge in [-0.05, 0) is 44.5 Å².